The molecular formula is C65H46N2S. The third-order valence-electron chi connectivity index (χ3n) is 13.2. The second-order valence-corrected chi connectivity index (χ2v) is 18.3. The quantitative estimate of drug-likeness (QED) is 0.119. The molecule has 1 atom stereocenters. The predicted molar refractivity (Wildman–Crippen MR) is 291 cm³/mol. The molecule has 3 heteroatoms. The van der Waals surface area contributed by atoms with Crippen molar-refractivity contribution < 1.29 is 0 Å². The number of thiophene rings is 1. The lowest BCUT2D eigenvalue weighted by Crippen LogP contribution is -2.15. The summed E-state index contributed by atoms with van der Waals surface area (Å²) in [6.45, 7) is 0. The summed E-state index contributed by atoms with van der Waals surface area (Å²) in [4.78, 5) is 4.77. The maximum atomic E-state index is 2.46. The Morgan fingerprint density at radius 2 is 0.809 bits per heavy atom. The first-order valence-electron chi connectivity index (χ1n) is 23.3. The van der Waals surface area contributed by atoms with Crippen molar-refractivity contribution in [1.29, 1.82) is 0 Å². The summed E-state index contributed by atoms with van der Waals surface area (Å²) in [5, 5.41) is 5.03. The standard InChI is InChI=1S/C65H46N2S/c1-5-25-51(26-6-1)66(52-27-7-2-8-28-52)61-37-17-15-34-57(61)48-40-42-63-60(44-48)58-41-39-50(45-64(58)68-63)65(49-24-19-23-47(43-49)56-36-20-22-46-21-13-14-33-55(46)56)59-35-16-18-38-62(59)67(53-29-9-3-10-30-53)54-31-11-4-12-32-54/h1-45,65H. The van der Waals surface area contributed by atoms with Gasteiger partial charge in [-0.1, -0.05) is 194 Å². The smallest absolute Gasteiger partial charge is 0.0540 e. The van der Waals surface area contributed by atoms with E-state index in [1.165, 1.54) is 69.9 Å². The number of benzene rings is 11. The minimum Gasteiger partial charge on any atom is -0.310 e. The van der Waals surface area contributed by atoms with Crippen molar-refractivity contribution in [3.8, 4) is 22.3 Å². The fourth-order valence-corrected chi connectivity index (χ4v) is 11.2. The van der Waals surface area contributed by atoms with Gasteiger partial charge in [-0.25, -0.2) is 0 Å². The van der Waals surface area contributed by atoms with E-state index in [9.17, 15) is 0 Å². The van der Waals surface area contributed by atoms with Crippen molar-refractivity contribution in [2.45, 2.75) is 5.92 Å². The van der Waals surface area contributed by atoms with Gasteiger partial charge in [0, 0.05) is 54.4 Å². The van der Waals surface area contributed by atoms with Gasteiger partial charge >= 0.3 is 0 Å². The molecule has 1 aromatic heterocycles. The van der Waals surface area contributed by atoms with Crippen LogP contribution in [0.3, 0.4) is 0 Å². The summed E-state index contributed by atoms with van der Waals surface area (Å²) < 4.78 is 2.55. The van der Waals surface area contributed by atoms with Crippen LogP contribution in [0.25, 0.3) is 53.2 Å². The normalized spacial score (nSPS) is 11.8. The van der Waals surface area contributed by atoms with Crippen LogP contribution in [0.4, 0.5) is 34.1 Å². The van der Waals surface area contributed by atoms with Gasteiger partial charge in [0.25, 0.3) is 0 Å². The van der Waals surface area contributed by atoms with E-state index in [0.717, 1.165) is 34.1 Å². The Hall–Kier alpha value is -8.50. The molecule has 0 saturated carbocycles. The van der Waals surface area contributed by atoms with E-state index in [-0.39, 0.29) is 5.92 Å². The Labute approximate surface area is 401 Å². The third-order valence-corrected chi connectivity index (χ3v) is 14.3. The van der Waals surface area contributed by atoms with Crippen LogP contribution in [0, 0.1) is 0 Å². The molecule has 68 heavy (non-hydrogen) atoms. The maximum Gasteiger partial charge on any atom is 0.0540 e. The molecule has 0 saturated heterocycles. The van der Waals surface area contributed by atoms with E-state index >= 15 is 0 Å². The monoisotopic (exact) mass is 886 g/mol. The SMILES string of the molecule is c1ccc(N(c2ccccc2)c2ccccc2-c2ccc3sc4cc(C(c5cccc(-c6cccc7ccccc67)c5)c5ccccc5N(c5ccccc5)c5ccccc5)ccc4c3c2)cc1. The topological polar surface area (TPSA) is 6.48 Å². The number of nitrogens with zero attached hydrogens (tertiary/aromatic N) is 2. The molecule has 2 nitrogen and oxygen atoms in total. The zero-order valence-electron chi connectivity index (χ0n) is 37.4. The average molecular weight is 887 g/mol. The zero-order valence-corrected chi connectivity index (χ0v) is 38.2. The van der Waals surface area contributed by atoms with E-state index in [1.807, 2.05) is 11.3 Å². The summed E-state index contributed by atoms with van der Waals surface area (Å²) in [7, 11) is 0. The molecule has 11 aromatic carbocycles. The highest BCUT2D eigenvalue weighted by Crippen LogP contribution is 2.47. The lowest BCUT2D eigenvalue weighted by atomic mass is 9.82. The van der Waals surface area contributed by atoms with Crippen LogP contribution in [-0.2, 0) is 0 Å². The number of anilines is 6. The van der Waals surface area contributed by atoms with Crippen molar-refractivity contribution in [3.63, 3.8) is 0 Å². The van der Waals surface area contributed by atoms with Gasteiger partial charge in [-0.15, -0.1) is 11.3 Å². The summed E-state index contributed by atoms with van der Waals surface area (Å²) in [5.74, 6) is -0.0879. The lowest BCUT2D eigenvalue weighted by Gasteiger charge is -2.31. The number of hydrogen-bond acceptors (Lipinski definition) is 3. The van der Waals surface area contributed by atoms with E-state index < -0.39 is 0 Å². The van der Waals surface area contributed by atoms with Crippen molar-refractivity contribution in [1.82, 2.24) is 0 Å². The molecule has 0 aliphatic carbocycles. The maximum absolute atomic E-state index is 2.46. The second-order valence-electron chi connectivity index (χ2n) is 17.2. The van der Waals surface area contributed by atoms with Crippen LogP contribution < -0.4 is 9.80 Å². The summed E-state index contributed by atoms with van der Waals surface area (Å²) >= 11 is 1.88. The van der Waals surface area contributed by atoms with Gasteiger partial charge in [0.2, 0.25) is 0 Å². The molecule has 0 radical (unpaired) electrons. The van der Waals surface area contributed by atoms with Crippen LogP contribution in [0.5, 0.6) is 0 Å². The van der Waals surface area contributed by atoms with Gasteiger partial charge in [-0.2, -0.15) is 0 Å². The molecule has 0 aliphatic heterocycles. The molecule has 0 bridgehead atoms. The first-order valence-corrected chi connectivity index (χ1v) is 24.1. The van der Waals surface area contributed by atoms with Crippen LogP contribution in [-0.4, -0.2) is 0 Å². The number of para-hydroxylation sites is 6. The highest BCUT2D eigenvalue weighted by Gasteiger charge is 2.26. The van der Waals surface area contributed by atoms with Gasteiger partial charge in [0.05, 0.1) is 11.4 Å². The number of hydrogen-bond donors (Lipinski definition) is 0. The van der Waals surface area contributed by atoms with E-state index in [4.69, 9.17) is 0 Å². The lowest BCUT2D eigenvalue weighted by molar-refractivity contribution is 0.975. The molecule has 322 valence electrons. The van der Waals surface area contributed by atoms with E-state index in [0.29, 0.717) is 0 Å². The predicted octanol–water partition coefficient (Wildman–Crippen LogP) is 18.7. The van der Waals surface area contributed by atoms with Crippen LogP contribution in [0.2, 0.25) is 0 Å². The minimum absolute atomic E-state index is 0.0879. The Bertz CT molecular complexity index is 3610. The van der Waals surface area contributed by atoms with E-state index in [2.05, 4.69) is 283 Å². The Balaban J connectivity index is 1.02. The molecule has 0 fully saturated rings. The van der Waals surface area contributed by atoms with Gasteiger partial charge in [0.15, 0.2) is 0 Å². The number of fused-ring (bicyclic) bond motifs is 4. The first kappa shape index (κ1) is 41.0. The molecule has 1 unspecified atom stereocenters. The van der Waals surface area contributed by atoms with Gasteiger partial charge in [0.1, 0.15) is 0 Å². The molecule has 0 N–H and O–H groups in total. The summed E-state index contributed by atoms with van der Waals surface area (Å²) in [6, 6.07) is 99.4. The van der Waals surface area contributed by atoms with Crippen LogP contribution in [0.1, 0.15) is 22.6 Å². The Kier molecular flexibility index (Phi) is 10.9. The molecular weight excluding hydrogens is 841 g/mol. The Morgan fingerprint density at radius 3 is 1.50 bits per heavy atom. The highest BCUT2D eigenvalue weighted by molar-refractivity contribution is 7.25. The van der Waals surface area contributed by atoms with Crippen molar-refractivity contribution in [2.75, 3.05) is 9.80 Å². The molecule has 0 aliphatic rings. The van der Waals surface area contributed by atoms with Gasteiger partial charge in [-0.3, -0.25) is 0 Å². The largest absolute Gasteiger partial charge is 0.310 e. The van der Waals surface area contributed by atoms with Crippen LogP contribution >= 0.6 is 11.3 Å². The fourth-order valence-electron chi connectivity index (χ4n) is 10.1. The highest BCUT2D eigenvalue weighted by atomic mass is 32.1. The molecule has 1 heterocycles. The van der Waals surface area contributed by atoms with Crippen molar-refractivity contribution in [2.24, 2.45) is 0 Å². The van der Waals surface area contributed by atoms with Gasteiger partial charge in [-0.05, 0) is 123 Å². The minimum atomic E-state index is -0.0879. The fraction of sp³-hybridized carbons (Fsp3) is 0.0154. The second kappa shape index (κ2) is 18.1. The van der Waals surface area contributed by atoms with Gasteiger partial charge < -0.3 is 9.80 Å². The first-order chi connectivity index (χ1) is 33.7. The third kappa shape index (κ3) is 7.69. The van der Waals surface area contributed by atoms with Crippen molar-refractivity contribution >= 4 is 76.4 Å². The molecule has 12 rings (SSSR count). The summed E-state index contributed by atoms with van der Waals surface area (Å²) in [5.41, 5.74) is 15.3. The average Bonchev–Trinajstić information content (AvgIpc) is 3.78. The van der Waals surface area contributed by atoms with Crippen molar-refractivity contribution in [3.05, 3.63) is 290 Å². The molecule has 0 spiro atoms. The Morgan fingerprint density at radius 1 is 0.294 bits per heavy atom. The summed E-state index contributed by atoms with van der Waals surface area (Å²) in [6.07, 6.45) is 0. The molecule has 12 aromatic rings. The van der Waals surface area contributed by atoms with E-state index in [1.54, 1.807) is 0 Å². The van der Waals surface area contributed by atoms with Crippen LogP contribution in [0.15, 0.2) is 273 Å². The number of rotatable bonds is 11. The zero-order chi connectivity index (χ0) is 45.2. The molecule has 0 amide bonds.